The van der Waals surface area contributed by atoms with Crippen LogP contribution in [0.1, 0.15) is 39.8 Å². The molecule has 34 heavy (non-hydrogen) atoms. The second kappa shape index (κ2) is 10.1. The van der Waals surface area contributed by atoms with E-state index in [9.17, 15) is 18.0 Å². The van der Waals surface area contributed by atoms with Crippen LogP contribution in [-0.2, 0) is 14.8 Å². The number of anilines is 1. The highest BCUT2D eigenvalue weighted by Crippen LogP contribution is 2.31. The van der Waals surface area contributed by atoms with Crippen LogP contribution in [0.5, 0.6) is 0 Å². The summed E-state index contributed by atoms with van der Waals surface area (Å²) in [5.41, 5.74) is 1.58. The van der Waals surface area contributed by atoms with E-state index < -0.39 is 15.9 Å². The van der Waals surface area contributed by atoms with Gasteiger partial charge in [0.15, 0.2) is 10.9 Å². The minimum absolute atomic E-state index is 0.0937. The molecule has 1 fully saturated rings. The lowest BCUT2D eigenvalue weighted by atomic mass is 10.1. The molecule has 3 aromatic rings. The Labute approximate surface area is 202 Å². The zero-order chi connectivity index (χ0) is 24.3. The standard InChI is InChI=1S/C24H25N3O5S2/c1-16(28)22-21(17-7-4-3-5-8-17)25-24(33-22)26-23(29)18-10-12-20(13-11-18)34(30,31)27(2)15-19-9-6-14-32-19/h3-5,7-8,10-13,19H,6,9,14-15H2,1-2H3,(H,25,26,29). The predicted octanol–water partition coefficient (Wildman–Crippen LogP) is 4.06. The number of ether oxygens (including phenoxy) is 1. The number of hydrogen-bond donors (Lipinski definition) is 1. The van der Waals surface area contributed by atoms with E-state index in [1.54, 1.807) is 0 Å². The Hall–Kier alpha value is -2.92. The molecule has 1 atom stereocenters. The van der Waals surface area contributed by atoms with E-state index in [1.165, 1.54) is 42.5 Å². The molecule has 1 aliphatic rings. The van der Waals surface area contributed by atoms with Gasteiger partial charge in [-0.1, -0.05) is 41.7 Å². The summed E-state index contributed by atoms with van der Waals surface area (Å²) in [6, 6.07) is 15.0. The summed E-state index contributed by atoms with van der Waals surface area (Å²) >= 11 is 1.10. The molecule has 1 N–H and O–H groups in total. The molecule has 2 heterocycles. The Morgan fingerprint density at radius 2 is 1.85 bits per heavy atom. The summed E-state index contributed by atoms with van der Waals surface area (Å²) in [6.07, 6.45) is 1.68. The average Bonchev–Trinajstić information content (AvgIpc) is 3.50. The lowest BCUT2D eigenvalue weighted by Crippen LogP contribution is -2.34. The third-order valence-corrected chi connectivity index (χ3v) is 8.43. The van der Waals surface area contributed by atoms with E-state index in [0.29, 0.717) is 22.3 Å². The molecule has 1 aliphatic heterocycles. The SMILES string of the molecule is CC(=O)c1sc(NC(=O)c2ccc(S(=O)(=O)N(C)CC3CCCO3)cc2)nc1-c1ccccc1. The van der Waals surface area contributed by atoms with Crippen molar-refractivity contribution in [1.29, 1.82) is 0 Å². The van der Waals surface area contributed by atoms with Crippen LogP contribution in [-0.4, -0.2) is 55.7 Å². The maximum atomic E-state index is 12.9. The van der Waals surface area contributed by atoms with Gasteiger partial charge in [0.05, 0.1) is 21.6 Å². The molecule has 1 aromatic heterocycles. The van der Waals surface area contributed by atoms with Gasteiger partial charge in [0.1, 0.15) is 0 Å². The molecule has 178 valence electrons. The van der Waals surface area contributed by atoms with Crippen LogP contribution in [0, 0.1) is 0 Å². The van der Waals surface area contributed by atoms with Crippen molar-refractivity contribution >= 4 is 38.2 Å². The van der Waals surface area contributed by atoms with Crippen molar-refractivity contribution in [2.24, 2.45) is 0 Å². The second-order valence-electron chi connectivity index (χ2n) is 8.02. The first kappa shape index (κ1) is 24.2. The van der Waals surface area contributed by atoms with Gasteiger partial charge in [0.2, 0.25) is 10.0 Å². The number of Topliss-reactive ketones (excluding diaryl/α,β-unsaturated/α-hetero) is 1. The molecular formula is C24H25N3O5S2. The number of thiazole rings is 1. The smallest absolute Gasteiger partial charge is 0.257 e. The van der Waals surface area contributed by atoms with Crippen LogP contribution in [0.3, 0.4) is 0 Å². The van der Waals surface area contributed by atoms with Crippen molar-refractivity contribution in [2.75, 3.05) is 25.5 Å². The van der Waals surface area contributed by atoms with E-state index >= 15 is 0 Å². The van der Waals surface area contributed by atoms with Crippen LogP contribution < -0.4 is 5.32 Å². The summed E-state index contributed by atoms with van der Waals surface area (Å²) < 4.78 is 32.5. The highest BCUT2D eigenvalue weighted by molar-refractivity contribution is 7.89. The number of benzene rings is 2. The van der Waals surface area contributed by atoms with E-state index in [2.05, 4.69) is 10.3 Å². The monoisotopic (exact) mass is 499 g/mol. The number of carbonyl (C=O) groups excluding carboxylic acids is 2. The summed E-state index contributed by atoms with van der Waals surface area (Å²) in [5, 5.41) is 3.01. The molecule has 0 spiro atoms. The lowest BCUT2D eigenvalue weighted by Gasteiger charge is -2.20. The van der Waals surface area contributed by atoms with Gasteiger partial charge in [0, 0.05) is 38.2 Å². The Morgan fingerprint density at radius 1 is 1.15 bits per heavy atom. The van der Waals surface area contributed by atoms with Crippen LogP contribution in [0.4, 0.5) is 5.13 Å². The van der Waals surface area contributed by atoms with Gasteiger partial charge in [-0.25, -0.2) is 13.4 Å². The number of carbonyl (C=O) groups is 2. The molecule has 0 saturated carbocycles. The van der Waals surface area contributed by atoms with E-state index in [4.69, 9.17) is 4.74 Å². The van der Waals surface area contributed by atoms with Crippen LogP contribution in [0.2, 0.25) is 0 Å². The molecule has 0 aliphatic carbocycles. The number of ketones is 1. The van der Waals surface area contributed by atoms with Crippen molar-refractivity contribution in [3.8, 4) is 11.3 Å². The number of aromatic nitrogens is 1. The van der Waals surface area contributed by atoms with Gasteiger partial charge in [-0.15, -0.1) is 0 Å². The largest absolute Gasteiger partial charge is 0.377 e. The number of rotatable bonds is 8. The van der Waals surface area contributed by atoms with Gasteiger partial charge in [-0.05, 0) is 37.1 Å². The third kappa shape index (κ3) is 5.25. The maximum absolute atomic E-state index is 12.9. The van der Waals surface area contributed by atoms with Gasteiger partial charge < -0.3 is 4.74 Å². The third-order valence-electron chi connectivity index (χ3n) is 5.52. The Balaban J connectivity index is 1.48. The first-order chi connectivity index (χ1) is 16.3. The highest BCUT2D eigenvalue weighted by atomic mass is 32.2. The predicted molar refractivity (Wildman–Crippen MR) is 131 cm³/mol. The number of nitrogens with zero attached hydrogens (tertiary/aromatic N) is 2. The molecule has 1 saturated heterocycles. The average molecular weight is 500 g/mol. The molecule has 1 unspecified atom stereocenters. The van der Waals surface area contributed by atoms with Crippen molar-refractivity contribution in [3.63, 3.8) is 0 Å². The second-order valence-corrected chi connectivity index (χ2v) is 11.1. The molecular weight excluding hydrogens is 474 g/mol. The molecule has 10 heteroatoms. The fraction of sp³-hybridized carbons (Fsp3) is 0.292. The lowest BCUT2D eigenvalue weighted by molar-refractivity contribution is 0.0978. The molecule has 4 rings (SSSR count). The summed E-state index contributed by atoms with van der Waals surface area (Å²) in [4.78, 5) is 29.9. The van der Waals surface area contributed by atoms with Crippen molar-refractivity contribution in [2.45, 2.75) is 30.8 Å². The number of nitrogens with one attached hydrogen (secondary N) is 1. The van der Waals surface area contributed by atoms with Gasteiger partial charge in [0.25, 0.3) is 5.91 Å². The minimum atomic E-state index is -3.70. The fourth-order valence-corrected chi connectivity index (χ4v) is 5.78. The van der Waals surface area contributed by atoms with Gasteiger partial charge in [-0.2, -0.15) is 4.31 Å². The fourth-order valence-electron chi connectivity index (χ4n) is 3.70. The molecule has 1 amide bonds. The van der Waals surface area contributed by atoms with Crippen molar-refractivity contribution in [1.82, 2.24) is 9.29 Å². The number of amides is 1. The van der Waals surface area contributed by atoms with Crippen LogP contribution in [0.25, 0.3) is 11.3 Å². The Kier molecular flexibility index (Phi) is 7.22. The normalized spacial score (nSPS) is 16.0. The van der Waals surface area contributed by atoms with Crippen molar-refractivity contribution < 1.29 is 22.7 Å². The topological polar surface area (TPSA) is 106 Å². The van der Waals surface area contributed by atoms with Crippen molar-refractivity contribution in [3.05, 3.63) is 65.0 Å². The quantitative estimate of drug-likeness (QED) is 0.469. The summed E-state index contributed by atoms with van der Waals surface area (Å²) in [6.45, 7) is 2.40. The highest BCUT2D eigenvalue weighted by Gasteiger charge is 2.26. The van der Waals surface area contributed by atoms with E-state index in [1.807, 2.05) is 30.3 Å². The summed E-state index contributed by atoms with van der Waals surface area (Å²) in [7, 11) is -2.17. The van der Waals surface area contributed by atoms with Gasteiger partial charge >= 0.3 is 0 Å². The van der Waals surface area contributed by atoms with Crippen LogP contribution in [0.15, 0.2) is 59.5 Å². The molecule has 0 bridgehead atoms. The first-order valence-corrected chi connectivity index (χ1v) is 13.1. The molecule has 0 radical (unpaired) electrons. The van der Waals surface area contributed by atoms with Crippen LogP contribution >= 0.6 is 11.3 Å². The zero-order valence-electron chi connectivity index (χ0n) is 18.9. The summed E-state index contributed by atoms with van der Waals surface area (Å²) in [5.74, 6) is -0.585. The molecule has 2 aromatic carbocycles. The number of hydrogen-bond acceptors (Lipinski definition) is 7. The van der Waals surface area contributed by atoms with E-state index in [-0.39, 0.29) is 28.9 Å². The Bertz CT molecular complexity index is 1280. The van der Waals surface area contributed by atoms with Gasteiger partial charge in [-0.3, -0.25) is 14.9 Å². The Morgan fingerprint density at radius 3 is 2.47 bits per heavy atom. The maximum Gasteiger partial charge on any atom is 0.257 e. The number of likely N-dealkylation sites (N-methyl/N-ethyl adjacent to an activating group) is 1. The minimum Gasteiger partial charge on any atom is -0.377 e. The zero-order valence-corrected chi connectivity index (χ0v) is 20.5. The number of sulfonamides is 1. The molecule has 8 nitrogen and oxygen atoms in total. The van der Waals surface area contributed by atoms with E-state index in [0.717, 1.165) is 29.7 Å². The first-order valence-electron chi connectivity index (χ1n) is 10.8.